The minimum atomic E-state index is -0.499. The Morgan fingerprint density at radius 3 is 1.48 bits per heavy atom. The Balaban J connectivity index is 3.10. The molecule has 0 aromatic heterocycles. The summed E-state index contributed by atoms with van der Waals surface area (Å²) >= 11 is 0. The van der Waals surface area contributed by atoms with Crippen molar-refractivity contribution in [2.75, 3.05) is 0 Å². The molecule has 0 unspecified atom stereocenters. The van der Waals surface area contributed by atoms with E-state index in [0.717, 1.165) is 12.8 Å². The largest absolute Gasteiger partial charge is 0.286 e. The summed E-state index contributed by atoms with van der Waals surface area (Å²) in [6, 6.07) is 0. The molecule has 0 fully saturated rings. The van der Waals surface area contributed by atoms with E-state index < -0.39 is 5.91 Å². The second-order valence-electron chi connectivity index (χ2n) is 7.23. The molecule has 0 heterocycles. The van der Waals surface area contributed by atoms with Crippen LogP contribution in [0.4, 0.5) is 0 Å². The predicted octanol–water partition coefficient (Wildman–Crippen LogP) is 7.88. The minimum Gasteiger partial charge on any atom is -0.269 e. The lowest BCUT2D eigenvalue weighted by Gasteiger charge is -2.01. The Labute approximate surface area is 156 Å². The van der Waals surface area contributed by atoms with E-state index in [9.17, 15) is 9.70 Å². The zero-order valence-corrected chi connectivity index (χ0v) is 16.6. The van der Waals surface area contributed by atoms with Crippen molar-refractivity contribution in [3.8, 4) is 0 Å². The normalized spacial score (nSPS) is 11.2. The highest BCUT2D eigenvalue weighted by atomic mass is 16.3. The van der Waals surface area contributed by atoms with E-state index in [1.165, 1.54) is 96.3 Å². The number of rotatable bonds is 19. The Hall–Kier alpha value is -0.990. The van der Waals surface area contributed by atoms with Crippen LogP contribution < -0.4 is 0 Å². The van der Waals surface area contributed by atoms with Gasteiger partial charge in [0, 0.05) is 11.6 Å². The van der Waals surface area contributed by atoms with Gasteiger partial charge in [0.15, 0.2) is 0 Å². The smallest absolute Gasteiger partial charge is 0.269 e. The number of allylic oxidation sites excluding steroid dienone is 2. The summed E-state index contributed by atoms with van der Waals surface area (Å²) in [7, 11) is 0. The summed E-state index contributed by atoms with van der Waals surface area (Å²) in [5.74, 6) is -0.499. The predicted molar refractivity (Wildman–Crippen MR) is 109 cm³/mol. The van der Waals surface area contributed by atoms with Crippen LogP contribution in [-0.4, -0.2) is 5.91 Å². The van der Waals surface area contributed by atoms with Crippen LogP contribution in [0.2, 0.25) is 0 Å². The molecule has 25 heavy (non-hydrogen) atoms. The van der Waals surface area contributed by atoms with Gasteiger partial charge in [0.2, 0.25) is 0 Å². The number of nitroso groups, excluding NO2 is 1. The number of carbonyl (C=O) groups is 1. The molecule has 146 valence electrons. The first-order valence-electron chi connectivity index (χ1n) is 10.8. The van der Waals surface area contributed by atoms with Crippen molar-refractivity contribution in [1.82, 2.24) is 0 Å². The maximum atomic E-state index is 10.7. The average molecular weight is 352 g/mol. The van der Waals surface area contributed by atoms with E-state index in [-0.39, 0.29) is 0 Å². The Morgan fingerprint density at radius 2 is 1.04 bits per heavy atom. The van der Waals surface area contributed by atoms with Crippen LogP contribution in [0.15, 0.2) is 17.3 Å². The highest BCUT2D eigenvalue weighted by Crippen LogP contribution is 2.12. The van der Waals surface area contributed by atoms with Gasteiger partial charge in [-0.3, -0.25) is 4.79 Å². The molecule has 3 nitrogen and oxygen atoms in total. The van der Waals surface area contributed by atoms with Gasteiger partial charge in [0.1, 0.15) is 0 Å². The van der Waals surface area contributed by atoms with E-state index in [2.05, 4.69) is 24.3 Å². The van der Waals surface area contributed by atoms with Crippen LogP contribution in [0.1, 0.15) is 122 Å². The zero-order chi connectivity index (χ0) is 18.4. The van der Waals surface area contributed by atoms with Crippen molar-refractivity contribution in [1.29, 1.82) is 0 Å². The molecule has 0 radical (unpaired) electrons. The average Bonchev–Trinajstić information content (AvgIpc) is 2.63. The van der Waals surface area contributed by atoms with Crippen LogP contribution >= 0.6 is 0 Å². The number of hydrogen-bond acceptors (Lipinski definition) is 2. The van der Waals surface area contributed by atoms with Gasteiger partial charge in [-0.25, -0.2) is 0 Å². The molecule has 0 saturated carbocycles. The highest BCUT2D eigenvalue weighted by Gasteiger charge is 1.99. The van der Waals surface area contributed by atoms with E-state index >= 15 is 0 Å². The van der Waals surface area contributed by atoms with E-state index in [1.807, 2.05) is 0 Å². The number of carbonyl (C=O) groups excluding carboxylic acids is 1. The lowest BCUT2D eigenvalue weighted by Crippen LogP contribution is -1.91. The van der Waals surface area contributed by atoms with Crippen LogP contribution in [0, 0.1) is 4.91 Å². The molecule has 3 heteroatoms. The number of amides is 1. The van der Waals surface area contributed by atoms with Crippen LogP contribution in [0.3, 0.4) is 0 Å². The summed E-state index contributed by atoms with van der Waals surface area (Å²) in [5.41, 5.74) is 0. The van der Waals surface area contributed by atoms with Crippen molar-refractivity contribution in [3.63, 3.8) is 0 Å². The molecule has 0 rings (SSSR count). The summed E-state index contributed by atoms with van der Waals surface area (Å²) in [6.45, 7) is 2.27. The molecule has 0 aliphatic rings. The molecule has 0 aromatic rings. The molecule has 0 aliphatic carbocycles. The number of unbranched alkanes of at least 4 members (excludes halogenated alkanes) is 15. The van der Waals surface area contributed by atoms with Gasteiger partial charge in [-0.05, 0) is 32.1 Å². The van der Waals surface area contributed by atoms with Crippen molar-refractivity contribution in [2.45, 2.75) is 122 Å². The van der Waals surface area contributed by atoms with Gasteiger partial charge in [-0.15, -0.1) is 4.91 Å². The van der Waals surface area contributed by atoms with Crippen LogP contribution in [0.25, 0.3) is 0 Å². The van der Waals surface area contributed by atoms with Crippen molar-refractivity contribution >= 4 is 5.91 Å². The van der Waals surface area contributed by atoms with E-state index in [1.54, 1.807) is 0 Å². The van der Waals surface area contributed by atoms with E-state index in [4.69, 9.17) is 0 Å². The van der Waals surface area contributed by atoms with Gasteiger partial charge in [-0.1, -0.05) is 96.1 Å². The van der Waals surface area contributed by atoms with Gasteiger partial charge < -0.3 is 0 Å². The molecular weight excluding hydrogens is 310 g/mol. The third-order valence-electron chi connectivity index (χ3n) is 4.75. The summed E-state index contributed by atoms with van der Waals surface area (Å²) in [6.07, 6.45) is 26.9. The number of hydrogen-bond donors (Lipinski definition) is 0. The van der Waals surface area contributed by atoms with Crippen molar-refractivity contribution in [2.24, 2.45) is 5.18 Å². The van der Waals surface area contributed by atoms with Crippen LogP contribution in [0.5, 0.6) is 0 Å². The highest BCUT2D eigenvalue weighted by molar-refractivity contribution is 5.76. The maximum absolute atomic E-state index is 10.7. The van der Waals surface area contributed by atoms with Gasteiger partial charge >= 0.3 is 0 Å². The third-order valence-corrected chi connectivity index (χ3v) is 4.75. The molecule has 0 N–H and O–H groups in total. The molecule has 0 atom stereocenters. The monoisotopic (exact) mass is 351 g/mol. The summed E-state index contributed by atoms with van der Waals surface area (Å²) in [5, 5.41) is 2.41. The van der Waals surface area contributed by atoms with Crippen molar-refractivity contribution < 1.29 is 4.79 Å². The van der Waals surface area contributed by atoms with Gasteiger partial charge in [-0.2, -0.15) is 0 Å². The second-order valence-corrected chi connectivity index (χ2v) is 7.23. The Bertz CT molecular complexity index is 326. The van der Waals surface area contributed by atoms with E-state index in [0.29, 0.717) is 6.42 Å². The molecule has 0 aliphatic heterocycles. The first-order valence-corrected chi connectivity index (χ1v) is 10.8. The fourth-order valence-electron chi connectivity index (χ4n) is 3.10. The van der Waals surface area contributed by atoms with Gasteiger partial charge in [0.05, 0.1) is 0 Å². The standard InChI is InChI=1S/C22H41NO2/c1-2-3-4-5-6-7-8-9-10-11-12-13-14-15-16-17-18-19-20-21-22(24)23-25/h9-10H,2-8,11-21H2,1H3. The second kappa shape index (κ2) is 21.1. The quantitative estimate of drug-likeness (QED) is 0.135. The first kappa shape index (κ1) is 24.0. The SMILES string of the molecule is CCCCCCCCC=CCCCCCCCCCCCC(=O)N=O. The maximum Gasteiger partial charge on any atom is 0.286 e. The molecule has 0 bridgehead atoms. The fraction of sp³-hybridized carbons (Fsp3) is 0.864. The van der Waals surface area contributed by atoms with Crippen LogP contribution in [-0.2, 0) is 4.79 Å². The topological polar surface area (TPSA) is 46.5 Å². The lowest BCUT2D eigenvalue weighted by atomic mass is 10.1. The Kier molecular flexibility index (Phi) is 20.2. The fourth-order valence-corrected chi connectivity index (χ4v) is 3.10. The number of nitrogens with zero attached hydrogens (tertiary/aromatic N) is 1. The molecule has 1 amide bonds. The van der Waals surface area contributed by atoms with Gasteiger partial charge in [0.25, 0.3) is 5.91 Å². The molecule has 0 saturated heterocycles. The lowest BCUT2D eigenvalue weighted by molar-refractivity contribution is -0.118. The summed E-state index contributed by atoms with van der Waals surface area (Å²) in [4.78, 5) is 20.6. The molecule has 0 spiro atoms. The minimum absolute atomic E-state index is 0.329. The summed E-state index contributed by atoms with van der Waals surface area (Å²) < 4.78 is 0. The van der Waals surface area contributed by atoms with Crippen molar-refractivity contribution in [3.05, 3.63) is 17.1 Å². The molecule has 0 aromatic carbocycles. The Morgan fingerprint density at radius 1 is 0.640 bits per heavy atom. The zero-order valence-electron chi connectivity index (χ0n) is 16.6. The first-order chi connectivity index (χ1) is 12.3. The third kappa shape index (κ3) is 21.0. The molecular formula is C22H41NO2.